The average molecular weight is 547 g/mol. The lowest BCUT2D eigenvalue weighted by atomic mass is 9.73. The number of nitrogens with one attached hydrogen (secondary N) is 1. The van der Waals surface area contributed by atoms with Crippen LogP contribution in [0.2, 0.25) is 0 Å². The zero-order valence-corrected chi connectivity index (χ0v) is 23.6. The SMILES string of the molecule is C[C@H]1CC2(CCN(c3ncc(Sc4cncc5ccccc45)c4nccn34)CC2NC(=O)OC(C)(C)C)CO1. The van der Waals surface area contributed by atoms with Crippen LogP contribution in [0, 0.1) is 5.41 Å². The van der Waals surface area contributed by atoms with Crippen LogP contribution in [-0.2, 0) is 9.47 Å². The number of aromatic nitrogens is 4. The number of ether oxygens (including phenoxy) is 2. The molecule has 2 saturated heterocycles. The number of fused-ring (bicyclic) bond motifs is 2. The van der Waals surface area contributed by atoms with E-state index in [2.05, 4.69) is 39.2 Å². The third-order valence-corrected chi connectivity index (χ3v) is 8.62. The number of carbonyl (C=O) groups is 1. The van der Waals surface area contributed by atoms with Crippen LogP contribution in [0.3, 0.4) is 0 Å². The number of carbonyl (C=O) groups excluding carboxylic acids is 1. The van der Waals surface area contributed by atoms with E-state index < -0.39 is 11.7 Å². The van der Waals surface area contributed by atoms with Crippen molar-refractivity contribution in [3.8, 4) is 0 Å². The van der Waals surface area contributed by atoms with Gasteiger partial charge in [0.2, 0.25) is 5.95 Å². The molecule has 2 aliphatic heterocycles. The van der Waals surface area contributed by atoms with E-state index in [1.807, 2.05) is 62.1 Å². The molecule has 39 heavy (non-hydrogen) atoms. The highest BCUT2D eigenvalue weighted by Gasteiger charge is 2.49. The zero-order valence-electron chi connectivity index (χ0n) is 22.8. The van der Waals surface area contributed by atoms with Gasteiger partial charge in [0.1, 0.15) is 5.60 Å². The zero-order chi connectivity index (χ0) is 27.2. The van der Waals surface area contributed by atoms with Crippen molar-refractivity contribution in [1.82, 2.24) is 24.7 Å². The van der Waals surface area contributed by atoms with Gasteiger partial charge < -0.3 is 19.7 Å². The van der Waals surface area contributed by atoms with Gasteiger partial charge in [-0.1, -0.05) is 36.0 Å². The maximum atomic E-state index is 12.8. The molecular formula is C29H34N6O3S. The maximum Gasteiger partial charge on any atom is 0.407 e. The van der Waals surface area contributed by atoms with E-state index in [1.165, 1.54) is 0 Å². The molecule has 9 nitrogen and oxygen atoms in total. The number of piperidine rings is 1. The lowest BCUT2D eigenvalue weighted by Crippen LogP contribution is -2.60. The number of nitrogens with zero attached hydrogens (tertiary/aromatic N) is 5. The molecule has 1 spiro atoms. The lowest BCUT2D eigenvalue weighted by molar-refractivity contribution is 0.0385. The molecule has 3 atom stereocenters. The van der Waals surface area contributed by atoms with E-state index in [1.54, 1.807) is 18.0 Å². The Kier molecular flexibility index (Phi) is 6.63. The van der Waals surface area contributed by atoms with Crippen LogP contribution in [-0.4, -0.2) is 62.9 Å². The molecule has 2 aliphatic rings. The van der Waals surface area contributed by atoms with Gasteiger partial charge in [-0.25, -0.2) is 14.8 Å². The number of imidazole rings is 1. The lowest BCUT2D eigenvalue weighted by Gasteiger charge is -2.45. The Hall–Kier alpha value is -3.37. The van der Waals surface area contributed by atoms with Gasteiger partial charge in [-0.3, -0.25) is 9.38 Å². The predicted octanol–water partition coefficient (Wildman–Crippen LogP) is 5.33. The molecule has 0 saturated carbocycles. The summed E-state index contributed by atoms with van der Waals surface area (Å²) >= 11 is 1.62. The normalized spacial score (nSPS) is 23.5. The Morgan fingerprint density at radius 1 is 1.18 bits per heavy atom. The molecule has 6 rings (SSSR count). The molecule has 204 valence electrons. The minimum absolute atomic E-state index is 0.127. The quantitative estimate of drug-likeness (QED) is 0.367. The van der Waals surface area contributed by atoms with Crippen LogP contribution >= 0.6 is 11.8 Å². The highest BCUT2D eigenvalue weighted by molar-refractivity contribution is 7.99. The van der Waals surface area contributed by atoms with Gasteiger partial charge in [-0.05, 0) is 45.9 Å². The molecule has 4 aromatic rings. The molecule has 0 bridgehead atoms. The van der Waals surface area contributed by atoms with E-state index in [9.17, 15) is 4.79 Å². The Balaban J connectivity index is 1.29. The number of amides is 1. The molecular weight excluding hydrogens is 512 g/mol. The molecule has 1 aromatic carbocycles. The molecule has 10 heteroatoms. The highest BCUT2D eigenvalue weighted by Crippen LogP contribution is 2.43. The van der Waals surface area contributed by atoms with Crippen molar-refractivity contribution in [2.45, 2.75) is 68.1 Å². The first-order valence-corrected chi connectivity index (χ1v) is 14.2. The van der Waals surface area contributed by atoms with Gasteiger partial charge >= 0.3 is 6.09 Å². The summed E-state index contributed by atoms with van der Waals surface area (Å²) in [6.45, 7) is 9.78. The fourth-order valence-electron chi connectivity index (χ4n) is 5.76. The van der Waals surface area contributed by atoms with Crippen molar-refractivity contribution in [3.63, 3.8) is 0 Å². The number of anilines is 1. The smallest absolute Gasteiger partial charge is 0.407 e. The minimum atomic E-state index is -0.567. The molecule has 2 unspecified atom stereocenters. The van der Waals surface area contributed by atoms with Crippen LogP contribution in [0.15, 0.2) is 65.0 Å². The molecule has 3 aromatic heterocycles. The Labute approximate surface area is 232 Å². The molecule has 2 fully saturated rings. The van der Waals surface area contributed by atoms with E-state index in [-0.39, 0.29) is 17.6 Å². The Morgan fingerprint density at radius 2 is 2.03 bits per heavy atom. The fraction of sp³-hybridized carbons (Fsp3) is 0.448. The third kappa shape index (κ3) is 5.15. The second kappa shape index (κ2) is 9.98. The second-order valence-corrected chi connectivity index (χ2v) is 12.7. The van der Waals surface area contributed by atoms with Crippen LogP contribution in [0.5, 0.6) is 0 Å². The van der Waals surface area contributed by atoms with Crippen molar-refractivity contribution in [2.24, 2.45) is 5.41 Å². The van der Waals surface area contributed by atoms with Gasteiger partial charge in [-0.2, -0.15) is 0 Å². The molecule has 5 heterocycles. The summed E-state index contributed by atoms with van der Waals surface area (Å²) in [6, 6.07) is 8.11. The average Bonchev–Trinajstić information content (AvgIpc) is 3.53. The van der Waals surface area contributed by atoms with E-state index in [0.29, 0.717) is 13.2 Å². The monoisotopic (exact) mass is 546 g/mol. The summed E-state index contributed by atoms with van der Waals surface area (Å²) in [4.78, 5) is 31.1. The predicted molar refractivity (Wildman–Crippen MR) is 151 cm³/mol. The number of benzene rings is 1. The van der Waals surface area contributed by atoms with Crippen LogP contribution in [0.4, 0.5) is 10.7 Å². The summed E-state index contributed by atoms with van der Waals surface area (Å²) in [5.74, 6) is 0.806. The Bertz CT molecular complexity index is 1510. The first-order valence-electron chi connectivity index (χ1n) is 13.4. The maximum absolute atomic E-state index is 12.8. The van der Waals surface area contributed by atoms with Gasteiger partial charge in [0.15, 0.2) is 5.65 Å². The highest BCUT2D eigenvalue weighted by atomic mass is 32.2. The molecule has 0 radical (unpaired) electrons. The minimum Gasteiger partial charge on any atom is -0.444 e. The number of hydrogen-bond acceptors (Lipinski definition) is 8. The van der Waals surface area contributed by atoms with Crippen molar-refractivity contribution >= 4 is 40.2 Å². The topological polar surface area (TPSA) is 93.9 Å². The largest absolute Gasteiger partial charge is 0.444 e. The number of alkyl carbamates (subject to hydrolysis) is 1. The van der Waals surface area contributed by atoms with Crippen molar-refractivity contribution < 1.29 is 14.3 Å². The van der Waals surface area contributed by atoms with Gasteiger partial charge in [-0.15, -0.1) is 0 Å². The van der Waals surface area contributed by atoms with Crippen molar-refractivity contribution in [1.29, 1.82) is 0 Å². The molecule has 0 aliphatic carbocycles. The summed E-state index contributed by atoms with van der Waals surface area (Å²) in [5.41, 5.74) is 0.147. The second-order valence-electron chi connectivity index (χ2n) is 11.6. The van der Waals surface area contributed by atoms with Gasteiger partial charge in [0, 0.05) is 59.8 Å². The van der Waals surface area contributed by atoms with Crippen LogP contribution < -0.4 is 10.2 Å². The van der Waals surface area contributed by atoms with Gasteiger partial charge in [0.25, 0.3) is 0 Å². The fourth-order valence-corrected chi connectivity index (χ4v) is 6.76. The van der Waals surface area contributed by atoms with Crippen LogP contribution in [0.1, 0.15) is 40.5 Å². The summed E-state index contributed by atoms with van der Waals surface area (Å²) < 4.78 is 13.7. The summed E-state index contributed by atoms with van der Waals surface area (Å²) in [7, 11) is 0. The van der Waals surface area contributed by atoms with Crippen molar-refractivity contribution in [3.05, 3.63) is 55.2 Å². The number of hydrogen-bond donors (Lipinski definition) is 1. The van der Waals surface area contributed by atoms with Gasteiger partial charge in [0.05, 0.1) is 23.6 Å². The van der Waals surface area contributed by atoms with E-state index in [4.69, 9.17) is 14.5 Å². The van der Waals surface area contributed by atoms with Crippen LogP contribution in [0.25, 0.3) is 16.4 Å². The van der Waals surface area contributed by atoms with Crippen molar-refractivity contribution in [2.75, 3.05) is 24.6 Å². The number of rotatable bonds is 4. The standard InChI is InChI=1S/C29H34N6O3S/c1-19-13-29(18-37-19)9-11-34(17-24(29)33-27(36)38-28(2,3)4)26-32-16-23(25-31-10-12-35(25)26)39-22-15-30-14-20-7-5-6-8-21(20)22/h5-8,10,12,14-16,19,24H,9,11,13,17-18H2,1-4H3,(H,33,36)/t19-,24?,29?/m0/s1. The first kappa shape index (κ1) is 25.9. The molecule has 1 N–H and O–H groups in total. The van der Waals surface area contributed by atoms with E-state index >= 15 is 0 Å². The third-order valence-electron chi connectivity index (χ3n) is 7.57. The summed E-state index contributed by atoms with van der Waals surface area (Å²) in [6.07, 6.45) is 11.0. The number of pyridine rings is 1. The molecule has 1 amide bonds. The Morgan fingerprint density at radius 3 is 2.82 bits per heavy atom. The first-order chi connectivity index (χ1) is 18.7. The summed E-state index contributed by atoms with van der Waals surface area (Å²) in [5, 5.41) is 5.43. The van der Waals surface area contributed by atoms with E-state index in [0.717, 1.165) is 51.5 Å².